The fourth-order valence-corrected chi connectivity index (χ4v) is 4.50. The van der Waals surface area contributed by atoms with E-state index in [4.69, 9.17) is 4.74 Å². The van der Waals surface area contributed by atoms with Crippen LogP contribution in [0.3, 0.4) is 0 Å². The zero-order chi connectivity index (χ0) is 21.7. The summed E-state index contributed by atoms with van der Waals surface area (Å²) >= 11 is 2.62. The second-order valence-corrected chi connectivity index (χ2v) is 8.91. The molecule has 3 aromatic rings. The summed E-state index contributed by atoms with van der Waals surface area (Å²) < 4.78 is 5.19. The summed E-state index contributed by atoms with van der Waals surface area (Å²) in [6.45, 7) is 6.25. The molecule has 0 radical (unpaired) electrons. The number of aryl methyl sites for hydroxylation is 2. The van der Waals surface area contributed by atoms with Crippen LogP contribution < -0.4 is 10.9 Å². The monoisotopic (exact) mass is 445 g/mol. The summed E-state index contributed by atoms with van der Waals surface area (Å²) in [6.07, 6.45) is 1.76. The first-order chi connectivity index (χ1) is 14.4. The zero-order valence-electron chi connectivity index (χ0n) is 17.0. The molecule has 2 aromatic heterocycles. The van der Waals surface area contributed by atoms with Crippen molar-refractivity contribution in [2.75, 3.05) is 17.7 Å². The van der Waals surface area contributed by atoms with Gasteiger partial charge in [0.1, 0.15) is 4.83 Å². The van der Waals surface area contributed by atoms with Crippen LogP contribution in [0.25, 0.3) is 10.2 Å². The van der Waals surface area contributed by atoms with Gasteiger partial charge in [0.2, 0.25) is 5.91 Å². The summed E-state index contributed by atoms with van der Waals surface area (Å²) in [4.78, 5) is 45.6. The number of nitrogens with zero attached hydrogens (tertiary/aromatic N) is 1. The second-order valence-electron chi connectivity index (χ2n) is 6.74. The smallest absolute Gasteiger partial charge is 0.338 e. The summed E-state index contributed by atoms with van der Waals surface area (Å²) in [5.41, 5.74) is 1.63. The highest BCUT2D eigenvalue weighted by atomic mass is 32.2. The highest BCUT2D eigenvalue weighted by Crippen LogP contribution is 2.27. The minimum Gasteiger partial charge on any atom is -0.462 e. The molecule has 30 heavy (non-hydrogen) atoms. The van der Waals surface area contributed by atoms with Crippen molar-refractivity contribution in [1.82, 2.24) is 9.97 Å². The number of thioether (sulfide) groups is 1. The van der Waals surface area contributed by atoms with E-state index >= 15 is 0 Å². The van der Waals surface area contributed by atoms with E-state index in [-0.39, 0.29) is 17.2 Å². The van der Waals surface area contributed by atoms with E-state index < -0.39 is 5.97 Å². The number of anilines is 1. The predicted molar refractivity (Wildman–Crippen MR) is 121 cm³/mol. The Hall–Kier alpha value is -2.65. The van der Waals surface area contributed by atoms with Crippen LogP contribution >= 0.6 is 23.1 Å². The maximum absolute atomic E-state index is 12.3. The first-order valence-corrected chi connectivity index (χ1v) is 11.4. The van der Waals surface area contributed by atoms with Crippen molar-refractivity contribution < 1.29 is 14.3 Å². The van der Waals surface area contributed by atoms with Crippen LogP contribution in [-0.4, -0.2) is 34.2 Å². The van der Waals surface area contributed by atoms with Gasteiger partial charge in [-0.25, -0.2) is 9.78 Å². The molecule has 158 valence electrons. The molecule has 0 saturated heterocycles. The number of unbranched alkanes of at least 4 members (excludes halogenated alkanes) is 1. The number of carbonyl (C=O) groups is 2. The predicted octanol–water partition coefficient (Wildman–Crippen LogP) is 4.29. The molecule has 0 fully saturated rings. The standard InChI is InChI=1S/C21H23N3O4S2/c1-4-5-9-28-20(27)14-7-6-8-15(10-14)22-16(25)11-29-21-23-18(26)17-12(2)13(3)30-19(17)24-21/h6-8,10H,4-5,9,11H2,1-3H3,(H,22,25)(H,23,24,26). The number of fused-ring (bicyclic) bond motifs is 1. The number of carbonyl (C=O) groups excluding carboxylic acids is 2. The lowest BCUT2D eigenvalue weighted by Gasteiger charge is -2.08. The number of aromatic nitrogens is 2. The lowest BCUT2D eigenvalue weighted by atomic mass is 10.2. The number of nitrogens with one attached hydrogen (secondary N) is 2. The third kappa shape index (κ3) is 5.28. The summed E-state index contributed by atoms with van der Waals surface area (Å²) in [5.74, 6) is -0.605. The van der Waals surface area contributed by atoms with Crippen LogP contribution in [0.15, 0.2) is 34.2 Å². The third-order valence-electron chi connectivity index (χ3n) is 4.47. The molecule has 0 spiro atoms. The molecule has 3 rings (SSSR count). The Kier molecular flexibility index (Phi) is 7.28. The topological polar surface area (TPSA) is 101 Å². The molecule has 0 bridgehead atoms. The quantitative estimate of drug-likeness (QED) is 0.232. The van der Waals surface area contributed by atoms with Gasteiger partial charge in [0.25, 0.3) is 5.56 Å². The number of benzene rings is 1. The number of rotatable bonds is 8. The number of thiophene rings is 1. The molecule has 1 aromatic carbocycles. The maximum atomic E-state index is 12.3. The van der Waals surface area contributed by atoms with Gasteiger partial charge in [-0.3, -0.25) is 9.59 Å². The molecule has 0 atom stereocenters. The highest BCUT2D eigenvalue weighted by molar-refractivity contribution is 7.99. The van der Waals surface area contributed by atoms with Crippen molar-refractivity contribution in [3.8, 4) is 0 Å². The molecule has 0 unspecified atom stereocenters. The molecule has 0 saturated carbocycles. The van der Waals surface area contributed by atoms with Gasteiger partial charge in [-0.2, -0.15) is 0 Å². The van der Waals surface area contributed by atoms with Gasteiger partial charge in [0, 0.05) is 10.6 Å². The number of H-pyrrole nitrogens is 1. The van der Waals surface area contributed by atoms with Crippen LogP contribution in [0.2, 0.25) is 0 Å². The van der Waals surface area contributed by atoms with E-state index in [2.05, 4.69) is 15.3 Å². The van der Waals surface area contributed by atoms with Crippen LogP contribution in [0, 0.1) is 13.8 Å². The van der Waals surface area contributed by atoms with Crippen molar-refractivity contribution in [3.05, 3.63) is 50.6 Å². The first kappa shape index (κ1) is 22.0. The molecule has 7 nitrogen and oxygen atoms in total. The minimum absolute atomic E-state index is 0.0724. The SMILES string of the molecule is CCCCOC(=O)c1cccc(NC(=O)CSc2nc3sc(C)c(C)c3c(=O)[nH]2)c1. The van der Waals surface area contributed by atoms with Crippen molar-refractivity contribution in [3.63, 3.8) is 0 Å². The molecule has 2 heterocycles. The van der Waals surface area contributed by atoms with E-state index in [1.54, 1.807) is 24.3 Å². The molecule has 9 heteroatoms. The van der Waals surface area contributed by atoms with Crippen LogP contribution in [0.1, 0.15) is 40.6 Å². The summed E-state index contributed by atoms with van der Waals surface area (Å²) in [6, 6.07) is 6.62. The van der Waals surface area contributed by atoms with Crippen molar-refractivity contribution in [2.24, 2.45) is 0 Å². The van der Waals surface area contributed by atoms with Crippen LogP contribution in [-0.2, 0) is 9.53 Å². The van der Waals surface area contributed by atoms with E-state index in [0.29, 0.717) is 33.2 Å². The molecule has 1 amide bonds. The van der Waals surface area contributed by atoms with E-state index in [0.717, 1.165) is 35.0 Å². The van der Waals surface area contributed by atoms with Gasteiger partial charge in [0.05, 0.1) is 23.3 Å². The first-order valence-electron chi connectivity index (χ1n) is 9.59. The van der Waals surface area contributed by atoms with Crippen LogP contribution in [0.5, 0.6) is 0 Å². The van der Waals surface area contributed by atoms with Gasteiger partial charge in [-0.15, -0.1) is 11.3 Å². The summed E-state index contributed by atoms with van der Waals surface area (Å²) in [7, 11) is 0. The molecular formula is C21H23N3O4S2. The average Bonchev–Trinajstić information content (AvgIpc) is 3.00. The van der Waals surface area contributed by atoms with E-state index in [1.807, 2.05) is 20.8 Å². The third-order valence-corrected chi connectivity index (χ3v) is 6.44. The number of amides is 1. The molecule has 0 aliphatic heterocycles. The van der Waals surface area contributed by atoms with Gasteiger partial charge >= 0.3 is 5.97 Å². The maximum Gasteiger partial charge on any atom is 0.338 e. The van der Waals surface area contributed by atoms with Gasteiger partial charge in [-0.05, 0) is 44.0 Å². The Balaban J connectivity index is 1.61. The minimum atomic E-state index is -0.412. The molecule has 2 N–H and O–H groups in total. The van der Waals surface area contributed by atoms with E-state index in [9.17, 15) is 14.4 Å². The summed E-state index contributed by atoms with van der Waals surface area (Å²) in [5, 5.41) is 3.76. The number of esters is 1. The second kappa shape index (κ2) is 9.90. The largest absolute Gasteiger partial charge is 0.462 e. The van der Waals surface area contributed by atoms with E-state index in [1.165, 1.54) is 11.3 Å². The number of hydrogen-bond acceptors (Lipinski definition) is 7. The fourth-order valence-electron chi connectivity index (χ4n) is 2.75. The van der Waals surface area contributed by atoms with Crippen LogP contribution in [0.4, 0.5) is 5.69 Å². The molecular weight excluding hydrogens is 422 g/mol. The van der Waals surface area contributed by atoms with Crippen molar-refractivity contribution in [2.45, 2.75) is 38.8 Å². The number of hydrogen-bond donors (Lipinski definition) is 2. The highest BCUT2D eigenvalue weighted by Gasteiger charge is 2.14. The average molecular weight is 446 g/mol. The van der Waals surface area contributed by atoms with Gasteiger partial charge < -0.3 is 15.0 Å². The lowest BCUT2D eigenvalue weighted by molar-refractivity contribution is -0.113. The number of aromatic amines is 1. The van der Waals surface area contributed by atoms with Gasteiger partial charge in [0.15, 0.2) is 5.16 Å². The Morgan fingerprint density at radius 1 is 1.30 bits per heavy atom. The normalized spacial score (nSPS) is 10.9. The molecule has 0 aliphatic carbocycles. The Bertz CT molecular complexity index is 1140. The zero-order valence-corrected chi connectivity index (χ0v) is 18.7. The Morgan fingerprint density at radius 2 is 2.10 bits per heavy atom. The Labute approximate surface area is 182 Å². The number of ether oxygens (including phenoxy) is 1. The fraction of sp³-hybridized carbons (Fsp3) is 0.333. The molecule has 0 aliphatic rings. The van der Waals surface area contributed by atoms with Crippen molar-refractivity contribution in [1.29, 1.82) is 0 Å². The van der Waals surface area contributed by atoms with Gasteiger partial charge in [-0.1, -0.05) is 31.2 Å². The van der Waals surface area contributed by atoms with Crippen molar-refractivity contribution >= 4 is 50.9 Å². The lowest BCUT2D eigenvalue weighted by Crippen LogP contribution is -2.16. The Morgan fingerprint density at radius 3 is 2.87 bits per heavy atom.